The topological polar surface area (TPSA) is 115 Å². The van der Waals surface area contributed by atoms with Crippen molar-refractivity contribution >= 4 is 10.9 Å². The van der Waals surface area contributed by atoms with Crippen molar-refractivity contribution in [1.29, 1.82) is 0 Å². The minimum Gasteiger partial charge on any atom is -0.460 e. The molecule has 1 aromatic heterocycles. The third kappa shape index (κ3) is 3.76. The lowest BCUT2D eigenvalue weighted by Crippen LogP contribution is -2.43. The lowest BCUT2D eigenvalue weighted by molar-refractivity contribution is -0.204. The molecule has 7 heteroatoms. The van der Waals surface area contributed by atoms with Crippen LogP contribution in [0.4, 0.5) is 0 Å². The van der Waals surface area contributed by atoms with E-state index < -0.39 is 37.8 Å². The van der Waals surface area contributed by atoms with Crippen LogP contribution in [0.3, 0.4) is 0 Å². The Morgan fingerprint density at radius 1 is 1.14 bits per heavy atom. The van der Waals surface area contributed by atoms with Gasteiger partial charge in [-0.1, -0.05) is 12.1 Å². The largest absolute Gasteiger partial charge is 0.460 e. The average molecular weight is 311 g/mol. The van der Waals surface area contributed by atoms with E-state index in [9.17, 15) is 15.3 Å². The summed E-state index contributed by atoms with van der Waals surface area (Å²) in [6, 6.07) is 7.41. The van der Waals surface area contributed by atoms with E-state index in [0.717, 1.165) is 10.9 Å². The number of aromatic nitrogens is 1. The highest BCUT2D eigenvalue weighted by molar-refractivity contribution is 5.85. The second-order valence-corrected chi connectivity index (χ2v) is 5.03. The summed E-state index contributed by atoms with van der Waals surface area (Å²) >= 11 is 0. The molecule has 0 saturated heterocycles. The fourth-order valence-corrected chi connectivity index (χ4v) is 2.03. The molecule has 0 amide bonds. The van der Waals surface area contributed by atoms with E-state index in [1.807, 2.05) is 24.3 Å². The Labute approximate surface area is 127 Å². The predicted octanol–water partition coefficient (Wildman–Crippen LogP) is -0.0157. The number of H-pyrrole nitrogens is 1. The molecule has 0 radical (unpaired) electrons. The van der Waals surface area contributed by atoms with Crippen molar-refractivity contribution in [1.82, 2.24) is 4.98 Å². The van der Waals surface area contributed by atoms with E-state index in [1.54, 1.807) is 6.20 Å². The average Bonchev–Trinajstić information content (AvgIpc) is 2.93. The summed E-state index contributed by atoms with van der Waals surface area (Å²) in [6.45, 7) is 0.434. The molecular formula is C15H21NO6. The van der Waals surface area contributed by atoms with Gasteiger partial charge in [0.25, 0.3) is 0 Å². The molecule has 7 nitrogen and oxygen atoms in total. The highest BCUT2D eigenvalue weighted by Crippen LogP contribution is 2.27. The maximum Gasteiger partial charge on any atom is 0.228 e. The fraction of sp³-hybridized carbons (Fsp3) is 0.467. The van der Waals surface area contributed by atoms with E-state index in [-0.39, 0.29) is 0 Å². The first-order valence-electron chi connectivity index (χ1n) is 7.03. The monoisotopic (exact) mass is 311 g/mol. The van der Waals surface area contributed by atoms with Crippen molar-refractivity contribution in [2.45, 2.75) is 31.5 Å². The molecule has 5 N–H and O–H groups in total. The molecule has 1 heterocycles. The summed E-state index contributed by atoms with van der Waals surface area (Å²) in [5.41, 5.74) is 0.851. The lowest BCUT2D eigenvalue weighted by Gasteiger charge is -2.28. The van der Waals surface area contributed by atoms with Crippen LogP contribution >= 0.6 is 0 Å². The molecule has 0 fully saturated rings. The zero-order valence-electron chi connectivity index (χ0n) is 12.2. The first-order valence-corrected chi connectivity index (χ1v) is 7.03. The number of hydrogen-bond donors (Lipinski definition) is 5. The maximum atomic E-state index is 9.84. The maximum absolute atomic E-state index is 9.84. The summed E-state index contributed by atoms with van der Waals surface area (Å²) < 4.78 is 11.0. The molecule has 22 heavy (non-hydrogen) atoms. The first kappa shape index (κ1) is 16.7. The van der Waals surface area contributed by atoms with Crippen LogP contribution in [0.15, 0.2) is 30.5 Å². The smallest absolute Gasteiger partial charge is 0.228 e. The summed E-state index contributed by atoms with van der Waals surface area (Å²) in [5.74, 6) is 0.440. The molecule has 0 saturated carbocycles. The van der Waals surface area contributed by atoms with Crippen LogP contribution in [0.5, 0.6) is 5.75 Å². The third-order valence-corrected chi connectivity index (χ3v) is 3.32. The Balaban J connectivity index is 2.19. The number of ether oxygens (including phenoxy) is 2. The van der Waals surface area contributed by atoms with Crippen LogP contribution in [-0.2, 0) is 4.74 Å². The van der Waals surface area contributed by atoms with Gasteiger partial charge in [-0.3, -0.25) is 0 Å². The van der Waals surface area contributed by atoms with Gasteiger partial charge in [-0.05, 0) is 19.1 Å². The number of aliphatic hydroxyl groups is 4. The van der Waals surface area contributed by atoms with Gasteiger partial charge in [0.1, 0.15) is 18.0 Å². The second-order valence-electron chi connectivity index (χ2n) is 5.03. The normalized spacial score (nSPS) is 17.1. The molecule has 0 aliphatic carbocycles. The first-order chi connectivity index (χ1) is 10.6. The summed E-state index contributed by atoms with van der Waals surface area (Å²) in [4.78, 5) is 3.02. The summed E-state index contributed by atoms with van der Waals surface area (Å²) in [7, 11) is 0. The second kappa shape index (κ2) is 7.57. The predicted molar refractivity (Wildman–Crippen MR) is 79.4 cm³/mol. The highest BCUT2D eigenvalue weighted by atomic mass is 16.7. The summed E-state index contributed by atoms with van der Waals surface area (Å²) in [5, 5.41) is 38.5. The Kier molecular flexibility index (Phi) is 5.76. The fourth-order valence-electron chi connectivity index (χ4n) is 2.03. The highest BCUT2D eigenvalue weighted by Gasteiger charge is 2.28. The quantitative estimate of drug-likeness (QED) is 0.438. The van der Waals surface area contributed by atoms with Crippen LogP contribution in [0, 0.1) is 0 Å². The number of rotatable bonds is 8. The zero-order chi connectivity index (χ0) is 16.1. The van der Waals surface area contributed by atoms with Crippen molar-refractivity contribution < 1.29 is 29.9 Å². The molecule has 0 spiro atoms. The summed E-state index contributed by atoms with van der Waals surface area (Å²) in [6.07, 6.45) is -2.82. The molecule has 2 aromatic rings. The molecule has 0 aliphatic heterocycles. The van der Waals surface area contributed by atoms with Crippen molar-refractivity contribution in [3.05, 3.63) is 30.5 Å². The Morgan fingerprint density at radius 2 is 1.86 bits per heavy atom. The van der Waals surface area contributed by atoms with Crippen LogP contribution < -0.4 is 4.74 Å². The van der Waals surface area contributed by atoms with Crippen molar-refractivity contribution in [3.8, 4) is 5.75 Å². The molecule has 0 bridgehead atoms. The van der Waals surface area contributed by atoms with Gasteiger partial charge in [0.2, 0.25) is 6.29 Å². The van der Waals surface area contributed by atoms with Gasteiger partial charge in [0, 0.05) is 17.1 Å². The van der Waals surface area contributed by atoms with E-state index in [4.69, 9.17) is 14.6 Å². The van der Waals surface area contributed by atoms with Crippen LogP contribution in [0.1, 0.15) is 6.92 Å². The molecule has 2 unspecified atom stereocenters. The number of benzene rings is 1. The number of aliphatic hydroxyl groups excluding tert-OH is 4. The van der Waals surface area contributed by atoms with Gasteiger partial charge >= 0.3 is 0 Å². The number of aromatic amines is 1. The van der Waals surface area contributed by atoms with E-state index >= 15 is 0 Å². The van der Waals surface area contributed by atoms with Crippen molar-refractivity contribution in [3.63, 3.8) is 0 Å². The van der Waals surface area contributed by atoms with Crippen LogP contribution in [0.25, 0.3) is 10.9 Å². The van der Waals surface area contributed by atoms with Gasteiger partial charge in [-0.2, -0.15) is 0 Å². The van der Waals surface area contributed by atoms with Crippen LogP contribution in [0.2, 0.25) is 0 Å². The zero-order valence-corrected chi connectivity index (χ0v) is 12.2. The molecule has 1 aromatic carbocycles. The van der Waals surface area contributed by atoms with Crippen molar-refractivity contribution in [2.75, 3.05) is 13.2 Å². The van der Waals surface area contributed by atoms with Gasteiger partial charge in [0.05, 0.1) is 19.3 Å². The molecule has 4 atom stereocenters. The number of para-hydroxylation sites is 1. The van der Waals surface area contributed by atoms with E-state index in [2.05, 4.69) is 4.98 Å². The number of hydrogen-bond acceptors (Lipinski definition) is 6. The van der Waals surface area contributed by atoms with E-state index in [1.165, 1.54) is 6.92 Å². The SMILES string of the molecule is C[C@H](O)C(CO)OC(Oc1c[nH]c2ccccc12)[C@@H](O)CO. The Morgan fingerprint density at radius 3 is 2.50 bits per heavy atom. The minimum atomic E-state index is -1.32. The molecular weight excluding hydrogens is 290 g/mol. The van der Waals surface area contributed by atoms with E-state index in [0.29, 0.717) is 5.75 Å². The lowest BCUT2D eigenvalue weighted by atomic mass is 10.2. The molecule has 0 aliphatic rings. The van der Waals surface area contributed by atoms with Gasteiger partial charge in [-0.25, -0.2) is 0 Å². The minimum absolute atomic E-state index is 0.440. The third-order valence-electron chi connectivity index (χ3n) is 3.32. The Hall–Kier alpha value is -1.64. The van der Waals surface area contributed by atoms with Crippen LogP contribution in [-0.4, -0.2) is 63.2 Å². The van der Waals surface area contributed by atoms with Gasteiger partial charge in [-0.15, -0.1) is 0 Å². The number of fused-ring (bicyclic) bond motifs is 1. The molecule has 122 valence electrons. The van der Waals surface area contributed by atoms with Gasteiger partial charge < -0.3 is 34.9 Å². The Bertz CT molecular complexity index is 584. The van der Waals surface area contributed by atoms with Crippen molar-refractivity contribution in [2.24, 2.45) is 0 Å². The standard InChI is InChI=1S/C15H21NO6/c1-9(19)14(8-18)22-15(12(20)7-17)21-13-6-16-11-5-3-2-4-10(11)13/h2-6,9,12,14-20H,7-8H2,1H3/t9-,12-,14?,15?/m0/s1. The molecule has 2 rings (SSSR count). The van der Waals surface area contributed by atoms with Gasteiger partial charge in [0.15, 0.2) is 0 Å². The number of nitrogens with one attached hydrogen (secondary N) is 1.